The third kappa shape index (κ3) is 22.8. The number of hydrogen-bond acceptors (Lipinski definition) is 7. The number of ether oxygens (including phenoxy) is 5. The Labute approximate surface area is 168 Å². The molecule has 0 rings (SSSR count). The summed E-state index contributed by atoms with van der Waals surface area (Å²) in [6.07, 6.45) is 8.76. The van der Waals surface area contributed by atoms with Gasteiger partial charge in [-0.05, 0) is 6.42 Å². The predicted molar refractivity (Wildman–Crippen MR) is 104 cm³/mol. The normalized spacial score (nSPS) is 10.9. The van der Waals surface area contributed by atoms with Crippen molar-refractivity contribution in [3.05, 3.63) is 0 Å². The molecule has 0 aliphatic rings. The zero-order chi connectivity index (χ0) is 20.7. The van der Waals surface area contributed by atoms with Crippen molar-refractivity contribution in [2.24, 2.45) is 0 Å². The number of hydrogen-bond donors (Lipinski definition) is 1. The molecular formula is C20H38O8. The Kier molecular flexibility index (Phi) is 21.1. The SMILES string of the molecule is CCCCCCCCCC(=O)OCCOCCOCCOCCOCC(=O)O. The Morgan fingerprint density at radius 3 is 1.64 bits per heavy atom. The zero-order valence-electron chi connectivity index (χ0n) is 17.3. The van der Waals surface area contributed by atoms with Gasteiger partial charge < -0.3 is 28.8 Å². The number of esters is 1. The van der Waals surface area contributed by atoms with Crippen LogP contribution in [-0.2, 0) is 33.3 Å². The lowest BCUT2D eigenvalue weighted by molar-refractivity contribution is -0.145. The number of carboxylic acids is 1. The molecule has 0 unspecified atom stereocenters. The van der Waals surface area contributed by atoms with Crippen molar-refractivity contribution in [1.82, 2.24) is 0 Å². The van der Waals surface area contributed by atoms with Crippen LogP contribution in [0.3, 0.4) is 0 Å². The molecule has 8 heteroatoms. The molecule has 0 amide bonds. The van der Waals surface area contributed by atoms with Gasteiger partial charge in [-0.2, -0.15) is 0 Å². The highest BCUT2D eigenvalue weighted by molar-refractivity contribution is 5.69. The highest BCUT2D eigenvalue weighted by Gasteiger charge is 2.02. The molecule has 0 aromatic heterocycles. The van der Waals surface area contributed by atoms with Gasteiger partial charge in [0.2, 0.25) is 0 Å². The average molecular weight is 407 g/mol. The fourth-order valence-corrected chi connectivity index (χ4v) is 2.33. The fraction of sp³-hybridized carbons (Fsp3) is 0.900. The van der Waals surface area contributed by atoms with Gasteiger partial charge in [0, 0.05) is 6.42 Å². The molecule has 0 aliphatic carbocycles. The summed E-state index contributed by atoms with van der Waals surface area (Å²) in [4.78, 5) is 21.8. The van der Waals surface area contributed by atoms with Gasteiger partial charge >= 0.3 is 11.9 Å². The topological polar surface area (TPSA) is 101 Å². The first-order chi connectivity index (χ1) is 13.7. The number of carbonyl (C=O) groups is 2. The van der Waals surface area contributed by atoms with Gasteiger partial charge in [-0.3, -0.25) is 4.79 Å². The maximum Gasteiger partial charge on any atom is 0.329 e. The van der Waals surface area contributed by atoms with Gasteiger partial charge in [-0.1, -0.05) is 45.4 Å². The minimum absolute atomic E-state index is 0.155. The summed E-state index contributed by atoms with van der Waals surface area (Å²) in [5.74, 6) is -1.15. The zero-order valence-corrected chi connectivity index (χ0v) is 17.3. The summed E-state index contributed by atoms with van der Waals surface area (Å²) in [7, 11) is 0. The van der Waals surface area contributed by atoms with E-state index in [1.165, 1.54) is 32.1 Å². The second kappa shape index (κ2) is 22.1. The summed E-state index contributed by atoms with van der Waals surface area (Å²) in [5, 5.41) is 8.37. The van der Waals surface area contributed by atoms with Crippen LogP contribution in [0.5, 0.6) is 0 Å². The monoisotopic (exact) mass is 406 g/mol. The standard InChI is InChI=1S/C20H38O8/c1-2-3-4-5-6-7-8-9-20(23)28-17-16-26-13-12-24-10-11-25-14-15-27-18-19(21)22/h2-18H2,1H3,(H,21,22). The van der Waals surface area contributed by atoms with E-state index in [2.05, 4.69) is 6.92 Å². The van der Waals surface area contributed by atoms with Crippen LogP contribution in [0, 0.1) is 0 Å². The highest BCUT2D eigenvalue weighted by Crippen LogP contribution is 2.08. The summed E-state index contributed by atoms with van der Waals surface area (Å²) >= 11 is 0. The molecule has 0 heterocycles. The van der Waals surface area contributed by atoms with E-state index in [0.29, 0.717) is 46.1 Å². The number of rotatable bonds is 22. The molecule has 0 fully saturated rings. The third-order valence-corrected chi connectivity index (χ3v) is 3.82. The smallest absolute Gasteiger partial charge is 0.329 e. The number of carboxylic acid groups (broad SMARTS) is 1. The van der Waals surface area contributed by atoms with E-state index in [9.17, 15) is 9.59 Å². The maximum atomic E-state index is 11.6. The van der Waals surface area contributed by atoms with Crippen molar-refractivity contribution in [1.29, 1.82) is 0 Å². The van der Waals surface area contributed by atoms with E-state index in [-0.39, 0.29) is 25.8 Å². The molecule has 8 nitrogen and oxygen atoms in total. The van der Waals surface area contributed by atoms with Crippen LogP contribution in [0.4, 0.5) is 0 Å². The molecular weight excluding hydrogens is 368 g/mol. The number of unbranched alkanes of at least 4 members (excludes halogenated alkanes) is 6. The van der Waals surface area contributed by atoms with E-state index in [1.807, 2.05) is 0 Å². The predicted octanol–water partition coefficient (Wildman–Crippen LogP) is 2.82. The first kappa shape index (κ1) is 26.8. The highest BCUT2D eigenvalue weighted by atomic mass is 16.6. The van der Waals surface area contributed by atoms with Crippen LogP contribution in [0.25, 0.3) is 0 Å². The molecule has 0 bridgehead atoms. The van der Waals surface area contributed by atoms with E-state index < -0.39 is 5.97 Å². The molecule has 1 N–H and O–H groups in total. The molecule has 28 heavy (non-hydrogen) atoms. The molecule has 0 saturated carbocycles. The summed E-state index contributed by atoms with van der Waals surface area (Å²) < 4.78 is 25.8. The van der Waals surface area contributed by atoms with Crippen molar-refractivity contribution in [3.8, 4) is 0 Å². The van der Waals surface area contributed by atoms with Crippen LogP contribution >= 0.6 is 0 Å². The van der Waals surface area contributed by atoms with Crippen molar-refractivity contribution in [3.63, 3.8) is 0 Å². The van der Waals surface area contributed by atoms with E-state index in [4.69, 9.17) is 28.8 Å². The molecule has 0 aromatic rings. The Balaban J connectivity index is 3.14. The number of aliphatic carboxylic acids is 1. The third-order valence-electron chi connectivity index (χ3n) is 3.82. The minimum atomic E-state index is -0.994. The van der Waals surface area contributed by atoms with Crippen molar-refractivity contribution < 1.29 is 38.4 Å². The first-order valence-electron chi connectivity index (χ1n) is 10.3. The molecule has 0 atom stereocenters. The van der Waals surface area contributed by atoms with Crippen LogP contribution in [0.1, 0.15) is 58.3 Å². The van der Waals surface area contributed by atoms with E-state index in [1.54, 1.807) is 0 Å². The molecule has 0 spiro atoms. The lowest BCUT2D eigenvalue weighted by Gasteiger charge is -2.08. The molecule has 0 radical (unpaired) electrons. The first-order valence-corrected chi connectivity index (χ1v) is 10.3. The largest absolute Gasteiger partial charge is 0.480 e. The Hall–Kier alpha value is -1.22. The van der Waals surface area contributed by atoms with Gasteiger partial charge in [0.15, 0.2) is 0 Å². The van der Waals surface area contributed by atoms with Crippen molar-refractivity contribution >= 4 is 11.9 Å². The minimum Gasteiger partial charge on any atom is -0.480 e. The van der Waals surface area contributed by atoms with Crippen LogP contribution in [-0.4, -0.2) is 76.5 Å². The van der Waals surface area contributed by atoms with Crippen LogP contribution in [0.15, 0.2) is 0 Å². The van der Waals surface area contributed by atoms with Crippen molar-refractivity contribution in [2.75, 3.05) is 59.5 Å². The lowest BCUT2D eigenvalue weighted by atomic mass is 10.1. The molecule has 0 saturated heterocycles. The second-order valence-corrected chi connectivity index (χ2v) is 6.38. The molecule has 166 valence electrons. The molecule has 0 aliphatic heterocycles. The Morgan fingerprint density at radius 2 is 1.11 bits per heavy atom. The van der Waals surface area contributed by atoms with Crippen LogP contribution in [0.2, 0.25) is 0 Å². The Bertz CT molecular complexity index is 362. The van der Waals surface area contributed by atoms with E-state index in [0.717, 1.165) is 12.8 Å². The second-order valence-electron chi connectivity index (χ2n) is 6.38. The summed E-state index contributed by atoms with van der Waals surface area (Å²) in [6, 6.07) is 0. The van der Waals surface area contributed by atoms with Gasteiger partial charge in [-0.15, -0.1) is 0 Å². The molecule has 0 aromatic carbocycles. The maximum absolute atomic E-state index is 11.6. The fourth-order valence-electron chi connectivity index (χ4n) is 2.33. The Morgan fingerprint density at radius 1 is 0.643 bits per heavy atom. The van der Waals surface area contributed by atoms with Gasteiger partial charge in [0.05, 0.1) is 46.2 Å². The van der Waals surface area contributed by atoms with Gasteiger partial charge in [0.1, 0.15) is 13.2 Å². The number of carbonyl (C=O) groups excluding carboxylic acids is 1. The summed E-state index contributed by atoms with van der Waals surface area (Å²) in [5.41, 5.74) is 0. The van der Waals surface area contributed by atoms with Gasteiger partial charge in [-0.25, -0.2) is 4.79 Å². The van der Waals surface area contributed by atoms with Gasteiger partial charge in [0.25, 0.3) is 0 Å². The van der Waals surface area contributed by atoms with Crippen LogP contribution < -0.4 is 0 Å². The summed E-state index contributed by atoms with van der Waals surface area (Å²) in [6.45, 7) is 4.80. The van der Waals surface area contributed by atoms with E-state index >= 15 is 0 Å². The lowest BCUT2D eigenvalue weighted by Crippen LogP contribution is -2.15. The average Bonchev–Trinajstić information content (AvgIpc) is 2.67. The van der Waals surface area contributed by atoms with Crippen molar-refractivity contribution in [2.45, 2.75) is 58.3 Å². The quantitative estimate of drug-likeness (QED) is 0.216.